The van der Waals surface area contributed by atoms with E-state index in [9.17, 15) is 0 Å². The number of hydrogen-bond acceptors (Lipinski definition) is 4. The summed E-state index contributed by atoms with van der Waals surface area (Å²) in [6, 6.07) is 0.736. The van der Waals surface area contributed by atoms with Crippen LogP contribution in [-0.4, -0.2) is 29.6 Å². The zero-order valence-electron chi connectivity index (χ0n) is 12.0. The molecule has 2 aliphatic rings. The lowest BCUT2D eigenvalue weighted by molar-refractivity contribution is 0.320. The molecule has 104 valence electrons. The van der Waals surface area contributed by atoms with E-state index in [0.29, 0.717) is 0 Å². The Kier molecular flexibility index (Phi) is 3.69. The Morgan fingerprint density at radius 1 is 1.32 bits per heavy atom. The predicted octanol–water partition coefficient (Wildman–Crippen LogP) is 2.27. The molecular weight excluding hydrogens is 236 g/mol. The third-order valence-corrected chi connectivity index (χ3v) is 4.33. The molecule has 0 aromatic carbocycles. The minimum absolute atomic E-state index is 0.736. The maximum absolute atomic E-state index is 4.66. The molecule has 1 heterocycles. The lowest BCUT2D eigenvalue weighted by Gasteiger charge is -2.30. The van der Waals surface area contributed by atoms with E-state index in [-0.39, 0.29) is 0 Å². The Morgan fingerprint density at radius 2 is 2.11 bits per heavy atom. The van der Waals surface area contributed by atoms with E-state index in [4.69, 9.17) is 0 Å². The van der Waals surface area contributed by atoms with Crippen LogP contribution in [0.25, 0.3) is 0 Å². The van der Waals surface area contributed by atoms with Crippen LogP contribution in [0.4, 0.5) is 5.95 Å². The first-order valence-electron chi connectivity index (χ1n) is 7.49. The van der Waals surface area contributed by atoms with E-state index in [2.05, 4.69) is 34.2 Å². The molecule has 3 rings (SSSR count). The van der Waals surface area contributed by atoms with Crippen molar-refractivity contribution in [2.24, 2.45) is 5.92 Å². The van der Waals surface area contributed by atoms with E-state index >= 15 is 0 Å². The van der Waals surface area contributed by atoms with Crippen LogP contribution >= 0.6 is 0 Å². The molecule has 0 radical (unpaired) electrons. The second-order valence-electron chi connectivity index (χ2n) is 6.11. The average Bonchev–Trinajstić information content (AvgIpc) is 3.16. The summed E-state index contributed by atoms with van der Waals surface area (Å²) in [5, 5.41) is 3.52. The summed E-state index contributed by atoms with van der Waals surface area (Å²) < 4.78 is 0. The van der Waals surface area contributed by atoms with Crippen LogP contribution in [0.5, 0.6) is 0 Å². The topological polar surface area (TPSA) is 41.1 Å². The molecule has 2 aliphatic carbocycles. The lowest BCUT2D eigenvalue weighted by Crippen LogP contribution is -2.30. The minimum Gasteiger partial charge on any atom is -0.344 e. The Balaban J connectivity index is 1.59. The number of nitrogens with zero attached hydrogens (tertiary/aromatic N) is 3. The summed E-state index contributed by atoms with van der Waals surface area (Å²) >= 11 is 0. The first-order valence-corrected chi connectivity index (χ1v) is 7.49. The first kappa shape index (κ1) is 12.9. The molecule has 0 amide bonds. The van der Waals surface area contributed by atoms with Crippen LogP contribution in [0.2, 0.25) is 0 Å². The van der Waals surface area contributed by atoms with Crippen LogP contribution in [0.15, 0.2) is 6.20 Å². The second kappa shape index (κ2) is 5.45. The quantitative estimate of drug-likeness (QED) is 0.852. The molecule has 4 nitrogen and oxygen atoms in total. The van der Waals surface area contributed by atoms with Gasteiger partial charge in [-0.2, -0.15) is 0 Å². The van der Waals surface area contributed by atoms with E-state index in [0.717, 1.165) is 36.7 Å². The van der Waals surface area contributed by atoms with Gasteiger partial charge in [0.05, 0.1) is 0 Å². The second-order valence-corrected chi connectivity index (χ2v) is 6.11. The molecule has 1 aromatic rings. The molecule has 0 unspecified atom stereocenters. The summed E-state index contributed by atoms with van der Waals surface area (Å²) in [5.41, 5.74) is 2.34. The van der Waals surface area contributed by atoms with Gasteiger partial charge in [0, 0.05) is 43.6 Å². The summed E-state index contributed by atoms with van der Waals surface area (Å²) in [6.07, 6.45) is 8.76. The van der Waals surface area contributed by atoms with Gasteiger partial charge in [0.25, 0.3) is 0 Å². The highest BCUT2D eigenvalue weighted by Crippen LogP contribution is 2.27. The fourth-order valence-electron chi connectivity index (χ4n) is 2.52. The van der Waals surface area contributed by atoms with Crippen LogP contribution in [0, 0.1) is 12.8 Å². The van der Waals surface area contributed by atoms with Gasteiger partial charge in [0.2, 0.25) is 5.95 Å². The van der Waals surface area contributed by atoms with Crippen molar-refractivity contribution in [2.45, 2.75) is 51.6 Å². The van der Waals surface area contributed by atoms with Crippen molar-refractivity contribution in [3.8, 4) is 0 Å². The highest BCUT2D eigenvalue weighted by atomic mass is 15.2. The van der Waals surface area contributed by atoms with E-state index in [1.54, 1.807) is 0 Å². The van der Waals surface area contributed by atoms with Gasteiger partial charge in [0.15, 0.2) is 0 Å². The van der Waals surface area contributed by atoms with Gasteiger partial charge in [-0.25, -0.2) is 9.97 Å². The molecular formula is C15H24N4. The standard InChI is InChI=1S/C15H24N4/c1-11-13(8-16-14-6-7-14)9-17-15(18-11)19(2)10-12-4-3-5-12/h9,12,14,16H,3-8,10H2,1-2H3. The Hall–Kier alpha value is -1.16. The van der Waals surface area contributed by atoms with Crippen molar-refractivity contribution >= 4 is 5.95 Å². The van der Waals surface area contributed by atoms with Gasteiger partial charge in [-0.15, -0.1) is 0 Å². The van der Waals surface area contributed by atoms with Crippen molar-refractivity contribution in [1.82, 2.24) is 15.3 Å². The summed E-state index contributed by atoms with van der Waals surface area (Å²) in [4.78, 5) is 11.4. The number of rotatable bonds is 6. The lowest BCUT2D eigenvalue weighted by atomic mass is 9.85. The van der Waals surface area contributed by atoms with Crippen molar-refractivity contribution in [1.29, 1.82) is 0 Å². The minimum atomic E-state index is 0.736. The molecule has 0 bridgehead atoms. The molecule has 19 heavy (non-hydrogen) atoms. The largest absolute Gasteiger partial charge is 0.344 e. The monoisotopic (exact) mass is 260 g/mol. The molecule has 0 saturated heterocycles. The van der Waals surface area contributed by atoms with Gasteiger partial charge in [-0.3, -0.25) is 0 Å². The number of aromatic nitrogens is 2. The van der Waals surface area contributed by atoms with Crippen molar-refractivity contribution in [2.75, 3.05) is 18.5 Å². The van der Waals surface area contributed by atoms with Gasteiger partial charge >= 0.3 is 0 Å². The molecule has 0 spiro atoms. The van der Waals surface area contributed by atoms with Gasteiger partial charge < -0.3 is 10.2 Å². The van der Waals surface area contributed by atoms with Crippen molar-refractivity contribution in [3.05, 3.63) is 17.5 Å². The van der Waals surface area contributed by atoms with Gasteiger partial charge in [0.1, 0.15) is 0 Å². The Labute approximate surface area is 115 Å². The summed E-state index contributed by atoms with van der Waals surface area (Å²) in [7, 11) is 2.11. The Bertz CT molecular complexity index is 438. The average molecular weight is 260 g/mol. The van der Waals surface area contributed by atoms with Crippen molar-refractivity contribution < 1.29 is 0 Å². The van der Waals surface area contributed by atoms with E-state index < -0.39 is 0 Å². The van der Waals surface area contributed by atoms with Gasteiger partial charge in [-0.05, 0) is 38.5 Å². The molecule has 2 saturated carbocycles. The Morgan fingerprint density at radius 3 is 2.68 bits per heavy atom. The molecule has 0 aliphatic heterocycles. The summed E-state index contributed by atoms with van der Waals surface area (Å²) in [5.74, 6) is 1.73. The maximum Gasteiger partial charge on any atom is 0.225 e. The summed E-state index contributed by atoms with van der Waals surface area (Å²) in [6.45, 7) is 4.09. The fourth-order valence-corrected chi connectivity index (χ4v) is 2.52. The number of anilines is 1. The van der Waals surface area contributed by atoms with Crippen LogP contribution in [-0.2, 0) is 6.54 Å². The third-order valence-electron chi connectivity index (χ3n) is 4.33. The smallest absolute Gasteiger partial charge is 0.225 e. The zero-order valence-corrected chi connectivity index (χ0v) is 12.0. The molecule has 1 aromatic heterocycles. The number of nitrogens with one attached hydrogen (secondary N) is 1. The van der Waals surface area contributed by atoms with Crippen LogP contribution in [0.1, 0.15) is 43.4 Å². The highest BCUT2D eigenvalue weighted by molar-refractivity contribution is 5.32. The van der Waals surface area contributed by atoms with E-state index in [1.165, 1.54) is 37.7 Å². The molecule has 0 atom stereocenters. The molecule has 1 N–H and O–H groups in total. The van der Waals surface area contributed by atoms with Crippen LogP contribution in [0.3, 0.4) is 0 Å². The van der Waals surface area contributed by atoms with Crippen LogP contribution < -0.4 is 10.2 Å². The van der Waals surface area contributed by atoms with E-state index in [1.807, 2.05) is 6.20 Å². The zero-order chi connectivity index (χ0) is 13.2. The highest BCUT2D eigenvalue weighted by Gasteiger charge is 2.22. The number of hydrogen-bond donors (Lipinski definition) is 1. The molecule has 4 heteroatoms. The molecule has 2 fully saturated rings. The van der Waals surface area contributed by atoms with Crippen molar-refractivity contribution in [3.63, 3.8) is 0 Å². The normalized spacial score (nSPS) is 19.3. The van der Waals surface area contributed by atoms with Gasteiger partial charge in [-0.1, -0.05) is 6.42 Å². The SMILES string of the molecule is Cc1nc(N(C)CC2CCC2)ncc1CNC1CC1. The maximum atomic E-state index is 4.66. The fraction of sp³-hybridized carbons (Fsp3) is 0.733. The predicted molar refractivity (Wildman–Crippen MR) is 77.2 cm³/mol. The first-order chi connectivity index (χ1) is 9.22. The number of aryl methyl sites for hydroxylation is 1. The third kappa shape index (κ3) is 3.24.